The van der Waals surface area contributed by atoms with Gasteiger partial charge in [-0.05, 0) is 18.1 Å². The monoisotopic (exact) mass is 282 g/mol. The first-order chi connectivity index (χ1) is 9.08. The number of ketones is 1. The van der Waals surface area contributed by atoms with Crippen molar-refractivity contribution in [3.63, 3.8) is 0 Å². The van der Waals surface area contributed by atoms with E-state index in [4.69, 9.17) is 9.84 Å². The summed E-state index contributed by atoms with van der Waals surface area (Å²) in [5.41, 5.74) is 1.61. The molecule has 0 amide bonds. The third kappa shape index (κ3) is 5.04. The van der Waals surface area contributed by atoms with Gasteiger partial charge in [-0.3, -0.25) is 9.59 Å². The fraction of sp³-hybridized carbons (Fsp3) is 0.429. The predicted molar refractivity (Wildman–Crippen MR) is 74.9 cm³/mol. The predicted octanol–water partition coefficient (Wildman–Crippen LogP) is 2.11. The molecule has 5 heteroatoms. The Morgan fingerprint density at radius 3 is 2.42 bits per heavy atom. The molecule has 19 heavy (non-hydrogen) atoms. The molecular formula is C14H18O4S. The summed E-state index contributed by atoms with van der Waals surface area (Å²) in [6.45, 7) is 1.50. The number of aliphatic hydroxyl groups excluding tert-OH is 1. The normalized spacial score (nSPS) is 11.9. The summed E-state index contributed by atoms with van der Waals surface area (Å²) < 4.78 is 4.79. The van der Waals surface area contributed by atoms with E-state index < -0.39 is 5.25 Å². The van der Waals surface area contributed by atoms with Gasteiger partial charge in [0, 0.05) is 12.2 Å². The average molecular weight is 282 g/mol. The third-order valence-electron chi connectivity index (χ3n) is 2.62. The zero-order valence-corrected chi connectivity index (χ0v) is 11.9. The number of thioether (sulfide) groups is 1. The second-order valence-electron chi connectivity index (χ2n) is 4.13. The van der Waals surface area contributed by atoms with Crippen molar-refractivity contribution >= 4 is 23.5 Å². The molecule has 1 unspecified atom stereocenters. The Bertz CT molecular complexity index is 428. The number of carbonyl (C=O) groups excluding carboxylic acids is 2. The van der Waals surface area contributed by atoms with Gasteiger partial charge in [-0.2, -0.15) is 0 Å². The Morgan fingerprint density at radius 2 is 1.95 bits per heavy atom. The van der Waals surface area contributed by atoms with Crippen LogP contribution in [0.25, 0.3) is 0 Å². The third-order valence-corrected chi connectivity index (χ3v) is 3.86. The van der Waals surface area contributed by atoms with Crippen molar-refractivity contribution in [2.75, 3.05) is 12.9 Å². The second-order valence-corrected chi connectivity index (χ2v) is 5.34. The van der Waals surface area contributed by atoms with E-state index in [1.165, 1.54) is 25.8 Å². The van der Waals surface area contributed by atoms with Crippen LogP contribution in [0, 0.1) is 0 Å². The van der Waals surface area contributed by atoms with Gasteiger partial charge < -0.3 is 9.84 Å². The molecule has 4 nitrogen and oxygen atoms in total. The topological polar surface area (TPSA) is 63.6 Å². The maximum Gasteiger partial charge on any atom is 0.323 e. The molecule has 0 heterocycles. The Morgan fingerprint density at radius 1 is 1.32 bits per heavy atom. The maximum absolute atomic E-state index is 11.8. The Hall–Kier alpha value is -1.33. The lowest BCUT2D eigenvalue weighted by Gasteiger charge is -2.14. The lowest BCUT2D eigenvalue weighted by molar-refractivity contribution is -0.140. The molecule has 0 saturated carbocycles. The zero-order chi connectivity index (χ0) is 14.3. The van der Waals surface area contributed by atoms with Gasteiger partial charge in [-0.15, -0.1) is 11.8 Å². The molecule has 0 aliphatic heterocycles. The molecular weight excluding hydrogens is 264 g/mol. The van der Waals surface area contributed by atoms with Crippen LogP contribution in [0.2, 0.25) is 0 Å². The molecule has 0 saturated heterocycles. The summed E-state index contributed by atoms with van der Waals surface area (Å²) >= 11 is 1.39. The van der Waals surface area contributed by atoms with Crippen LogP contribution < -0.4 is 0 Å². The lowest BCUT2D eigenvalue weighted by Crippen LogP contribution is -2.12. The van der Waals surface area contributed by atoms with Crippen LogP contribution in [0.3, 0.4) is 0 Å². The standard InChI is InChI=1S/C14H18O4S/c1-10(16)7-8-19-13(14(17)18-2)12-5-3-11(9-15)4-6-12/h3-6,13,15H,7-9H2,1-2H3. The quantitative estimate of drug-likeness (QED) is 0.776. The maximum atomic E-state index is 11.8. The van der Waals surface area contributed by atoms with E-state index in [0.29, 0.717) is 12.2 Å². The van der Waals surface area contributed by atoms with Crippen molar-refractivity contribution in [3.05, 3.63) is 35.4 Å². The number of methoxy groups -OCH3 is 1. The molecule has 0 aromatic heterocycles. The largest absolute Gasteiger partial charge is 0.468 e. The minimum Gasteiger partial charge on any atom is -0.468 e. The number of benzene rings is 1. The van der Waals surface area contributed by atoms with Gasteiger partial charge in [0.2, 0.25) is 0 Å². The summed E-state index contributed by atoms with van der Waals surface area (Å²) in [7, 11) is 1.35. The molecule has 0 aliphatic carbocycles. The molecule has 1 aromatic carbocycles. The fourth-order valence-electron chi connectivity index (χ4n) is 1.53. The average Bonchev–Trinajstić information content (AvgIpc) is 2.43. The van der Waals surface area contributed by atoms with Crippen LogP contribution in [0.15, 0.2) is 24.3 Å². The number of hydrogen-bond donors (Lipinski definition) is 1. The molecule has 0 radical (unpaired) electrons. The first-order valence-corrected chi connectivity index (χ1v) is 7.02. The van der Waals surface area contributed by atoms with Crippen LogP contribution in [-0.2, 0) is 20.9 Å². The number of aliphatic hydroxyl groups is 1. The zero-order valence-electron chi connectivity index (χ0n) is 11.1. The summed E-state index contributed by atoms with van der Waals surface area (Å²) in [5, 5.41) is 8.56. The van der Waals surface area contributed by atoms with Crippen molar-refractivity contribution in [2.24, 2.45) is 0 Å². The van der Waals surface area contributed by atoms with Crippen molar-refractivity contribution in [1.29, 1.82) is 0 Å². The summed E-state index contributed by atoms with van der Waals surface area (Å²) in [6, 6.07) is 7.15. The number of carbonyl (C=O) groups is 2. The van der Waals surface area contributed by atoms with Crippen LogP contribution in [0.5, 0.6) is 0 Å². The number of hydrogen-bond acceptors (Lipinski definition) is 5. The van der Waals surface area contributed by atoms with Gasteiger partial charge in [0.25, 0.3) is 0 Å². The van der Waals surface area contributed by atoms with Gasteiger partial charge in [-0.25, -0.2) is 0 Å². The van der Waals surface area contributed by atoms with Gasteiger partial charge in [0.05, 0.1) is 13.7 Å². The van der Waals surface area contributed by atoms with E-state index in [1.54, 1.807) is 24.3 Å². The molecule has 0 bridgehead atoms. The van der Waals surface area contributed by atoms with Crippen molar-refractivity contribution in [3.8, 4) is 0 Å². The van der Waals surface area contributed by atoms with Gasteiger partial charge in [-0.1, -0.05) is 24.3 Å². The van der Waals surface area contributed by atoms with E-state index in [0.717, 1.165) is 11.1 Å². The first kappa shape index (κ1) is 15.7. The second kappa shape index (κ2) is 7.96. The Kier molecular flexibility index (Phi) is 6.59. The minimum atomic E-state index is -0.433. The van der Waals surface area contributed by atoms with Crippen LogP contribution in [-0.4, -0.2) is 29.7 Å². The summed E-state index contributed by atoms with van der Waals surface area (Å²) in [4.78, 5) is 22.7. The lowest BCUT2D eigenvalue weighted by atomic mass is 10.1. The molecule has 1 N–H and O–H groups in total. The fourth-order valence-corrected chi connectivity index (χ4v) is 2.75. The van der Waals surface area contributed by atoms with Gasteiger partial charge in [0.1, 0.15) is 11.0 Å². The van der Waals surface area contributed by atoms with E-state index in [2.05, 4.69) is 0 Å². The molecule has 0 fully saturated rings. The van der Waals surface area contributed by atoms with Gasteiger partial charge in [0.15, 0.2) is 0 Å². The molecule has 104 valence electrons. The van der Waals surface area contributed by atoms with Crippen LogP contribution in [0.4, 0.5) is 0 Å². The number of Topliss-reactive ketones (excluding diaryl/α,β-unsaturated/α-hetero) is 1. The van der Waals surface area contributed by atoms with Crippen LogP contribution in [0.1, 0.15) is 29.7 Å². The highest BCUT2D eigenvalue weighted by molar-refractivity contribution is 8.00. The number of esters is 1. The van der Waals surface area contributed by atoms with Crippen molar-refractivity contribution < 1.29 is 19.4 Å². The smallest absolute Gasteiger partial charge is 0.323 e. The molecule has 1 rings (SSSR count). The van der Waals surface area contributed by atoms with Crippen molar-refractivity contribution in [1.82, 2.24) is 0 Å². The molecule has 0 aliphatic rings. The highest BCUT2D eigenvalue weighted by Crippen LogP contribution is 2.30. The molecule has 1 aromatic rings. The van der Waals surface area contributed by atoms with Gasteiger partial charge >= 0.3 is 5.97 Å². The van der Waals surface area contributed by atoms with E-state index in [1.807, 2.05) is 0 Å². The first-order valence-electron chi connectivity index (χ1n) is 5.97. The summed E-state index contributed by atoms with van der Waals surface area (Å²) in [5.74, 6) is 0.355. The Balaban J connectivity index is 2.77. The van der Waals surface area contributed by atoms with E-state index >= 15 is 0 Å². The number of rotatable bonds is 7. The Labute approximate surface area is 117 Å². The van der Waals surface area contributed by atoms with E-state index in [-0.39, 0.29) is 18.4 Å². The SMILES string of the molecule is COC(=O)C(SCCC(C)=O)c1ccc(CO)cc1. The van der Waals surface area contributed by atoms with E-state index in [9.17, 15) is 9.59 Å². The molecule has 0 spiro atoms. The van der Waals surface area contributed by atoms with Crippen LogP contribution >= 0.6 is 11.8 Å². The highest BCUT2D eigenvalue weighted by Gasteiger charge is 2.21. The highest BCUT2D eigenvalue weighted by atomic mass is 32.2. The molecule has 1 atom stereocenters. The summed E-state index contributed by atoms with van der Waals surface area (Å²) in [6.07, 6.45) is 0.437. The van der Waals surface area contributed by atoms with Crippen molar-refractivity contribution in [2.45, 2.75) is 25.2 Å². The number of ether oxygens (including phenoxy) is 1. The minimum absolute atomic E-state index is 0.0271.